The number of carbonyl (C=O) groups is 3. The molecule has 3 aromatic rings. The van der Waals surface area contributed by atoms with Gasteiger partial charge < -0.3 is 25.6 Å². The molecule has 3 N–H and O–H groups in total. The van der Waals surface area contributed by atoms with Gasteiger partial charge in [-0.2, -0.15) is 0 Å². The number of rotatable bonds is 8. The molecule has 0 radical (unpaired) electrons. The quantitative estimate of drug-likeness (QED) is 0.401. The van der Waals surface area contributed by atoms with Gasteiger partial charge in [-0.3, -0.25) is 9.59 Å². The Labute approximate surface area is 227 Å². The molecular formula is C29H32N4O4S. The number of amides is 4. The predicted molar refractivity (Wildman–Crippen MR) is 150 cm³/mol. The second kappa shape index (κ2) is 12.5. The average molecular weight is 533 g/mol. The van der Waals surface area contributed by atoms with Crippen LogP contribution in [0.5, 0.6) is 5.75 Å². The van der Waals surface area contributed by atoms with Crippen molar-refractivity contribution in [3.05, 3.63) is 77.9 Å². The van der Waals surface area contributed by atoms with Crippen molar-refractivity contribution in [1.82, 2.24) is 16.0 Å². The number of anilines is 1. The maximum absolute atomic E-state index is 13.6. The molecule has 0 aliphatic carbocycles. The highest BCUT2D eigenvalue weighted by Gasteiger charge is 2.32. The summed E-state index contributed by atoms with van der Waals surface area (Å²) in [5, 5.41) is 8.29. The van der Waals surface area contributed by atoms with Crippen molar-refractivity contribution in [2.45, 2.75) is 37.4 Å². The van der Waals surface area contributed by atoms with Gasteiger partial charge in [0, 0.05) is 30.7 Å². The van der Waals surface area contributed by atoms with E-state index in [1.54, 1.807) is 26.0 Å². The lowest BCUT2D eigenvalue weighted by molar-refractivity contribution is -0.127. The highest BCUT2D eigenvalue weighted by atomic mass is 32.2. The maximum atomic E-state index is 13.6. The van der Waals surface area contributed by atoms with Crippen LogP contribution >= 0.6 is 11.8 Å². The van der Waals surface area contributed by atoms with Crippen LogP contribution in [0.3, 0.4) is 0 Å². The summed E-state index contributed by atoms with van der Waals surface area (Å²) in [6, 6.07) is 20.8. The zero-order valence-corrected chi connectivity index (χ0v) is 22.6. The molecular weight excluding hydrogens is 500 g/mol. The molecule has 38 heavy (non-hydrogen) atoms. The van der Waals surface area contributed by atoms with E-state index in [1.165, 1.54) is 11.8 Å². The number of hydrogen-bond acceptors (Lipinski definition) is 5. The van der Waals surface area contributed by atoms with Crippen molar-refractivity contribution in [3.63, 3.8) is 0 Å². The molecule has 0 saturated heterocycles. The summed E-state index contributed by atoms with van der Waals surface area (Å²) >= 11 is 1.54. The van der Waals surface area contributed by atoms with Crippen LogP contribution in [0.4, 0.5) is 10.5 Å². The molecule has 4 amide bonds. The Morgan fingerprint density at radius 2 is 1.84 bits per heavy atom. The predicted octanol–water partition coefficient (Wildman–Crippen LogP) is 4.32. The molecule has 0 aromatic heterocycles. The van der Waals surface area contributed by atoms with Crippen LogP contribution in [-0.2, 0) is 22.7 Å². The number of ether oxygens (including phenoxy) is 1. The largest absolute Gasteiger partial charge is 0.497 e. The van der Waals surface area contributed by atoms with Crippen LogP contribution in [0.25, 0.3) is 11.1 Å². The van der Waals surface area contributed by atoms with Gasteiger partial charge in [-0.1, -0.05) is 55.5 Å². The van der Waals surface area contributed by atoms with Gasteiger partial charge >= 0.3 is 6.03 Å². The summed E-state index contributed by atoms with van der Waals surface area (Å²) in [7, 11) is 3.20. The third-order valence-corrected chi connectivity index (χ3v) is 7.51. The van der Waals surface area contributed by atoms with Gasteiger partial charge in [-0.05, 0) is 40.5 Å². The number of methoxy groups -OCH3 is 1. The van der Waals surface area contributed by atoms with Crippen molar-refractivity contribution in [2.75, 3.05) is 24.8 Å². The van der Waals surface area contributed by atoms with Gasteiger partial charge in [0.05, 0.1) is 19.3 Å². The van der Waals surface area contributed by atoms with Gasteiger partial charge in [0.25, 0.3) is 5.91 Å². The Morgan fingerprint density at radius 1 is 1.08 bits per heavy atom. The standard InChI is InChI=1S/C29H32N4O4S/c1-4-27(34)32-24-18-38-26-15-22(37-3)13-14-25(26)33(28(24)35)17-19-9-11-20(12-10-19)23-8-6-5-7-21(23)16-31-29(36)30-2/h5-15,24H,4,16-18H2,1-3H3,(H,32,34)(H2,30,31,36)/t24-/m1/s1. The molecule has 8 nitrogen and oxygen atoms in total. The lowest BCUT2D eigenvalue weighted by Crippen LogP contribution is -2.49. The molecule has 0 spiro atoms. The molecule has 3 aromatic carbocycles. The maximum Gasteiger partial charge on any atom is 0.314 e. The fraction of sp³-hybridized carbons (Fsp3) is 0.276. The number of thioether (sulfide) groups is 1. The van der Waals surface area contributed by atoms with Crippen LogP contribution in [0.1, 0.15) is 24.5 Å². The molecule has 1 atom stereocenters. The molecule has 0 fully saturated rings. The second-order valence-corrected chi connectivity index (χ2v) is 9.89. The van der Waals surface area contributed by atoms with Crippen LogP contribution in [-0.4, -0.2) is 43.8 Å². The van der Waals surface area contributed by atoms with Crippen molar-refractivity contribution in [2.24, 2.45) is 0 Å². The molecule has 1 heterocycles. The molecule has 0 bridgehead atoms. The molecule has 1 aliphatic rings. The Hall–Kier alpha value is -3.98. The van der Waals surface area contributed by atoms with Gasteiger partial charge in [-0.15, -0.1) is 11.8 Å². The first kappa shape index (κ1) is 27.1. The Morgan fingerprint density at radius 3 is 2.55 bits per heavy atom. The fourth-order valence-electron chi connectivity index (χ4n) is 4.27. The Balaban J connectivity index is 1.60. The van der Waals surface area contributed by atoms with E-state index in [4.69, 9.17) is 4.74 Å². The molecule has 9 heteroatoms. The summed E-state index contributed by atoms with van der Waals surface area (Å²) in [4.78, 5) is 40.1. The van der Waals surface area contributed by atoms with Gasteiger partial charge in [0.1, 0.15) is 11.8 Å². The van der Waals surface area contributed by atoms with Crippen LogP contribution in [0.2, 0.25) is 0 Å². The summed E-state index contributed by atoms with van der Waals surface area (Å²) in [6.45, 7) is 2.54. The number of benzene rings is 3. The molecule has 198 valence electrons. The van der Waals surface area contributed by atoms with Gasteiger partial charge in [0.15, 0.2) is 0 Å². The van der Waals surface area contributed by atoms with Gasteiger partial charge in [-0.25, -0.2) is 4.79 Å². The zero-order valence-electron chi connectivity index (χ0n) is 21.7. The number of nitrogens with one attached hydrogen (secondary N) is 3. The Bertz CT molecular complexity index is 1310. The lowest BCUT2D eigenvalue weighted by Gasteiger charge is -2.26. The normalized spacial score (nSPS) is 14.8. The second-order valence-electron chi connectivity index (χ2n) is 8.83. The van der Waals surface area contributed by atoms with E-state index < -0.39 is 6.04 Å². The Kier molecular flexibility index (Phi) is 8.91. The summed E-state index contributed by atoms with van der Waals surface area (Å²) in [5.41, 5.74) is 4.79. The minimum absolute atomic E-state index is 0.141. The monoisotopic (exact) mass is 532 g/mol. The number of hydrogen-bond donors (Lipinski definition) is 3. The molecule has 0 saturated carbocycles. The minimum atomic E-state index is -0.621. The molecule has 0 unspecified atom stereocenters. The SMILES string of the molecule is CCC(=O)N[C@@H]1CSc2cc(OC)ccc2N(Cc2ccc(-c3ccccc3CNC(=O)NC)cc2)C1=O. The summed E-state index contributed by atoms with van der Waals surface area (Å²) in [5.74, 6) is 0.869. The van der Waals surface area contributed by atoms with E-state index in [0.717, 1.165) is 32.8 Å². The highest BCUT2D eigenvalue weighted by molar-refractivity contribution is 7.99. The fourth-order valence-corrected chi connectivity index (χ4v) is 5.36. The molecule has 1 aliphatic heterocycles. The topological polar surface area (TPSA) is 99.8 Å². The summed E-state index contributed by atoms with van der Waals surface area (Å²) < 4.78 is 5.40. The molecule has 4 rings (SSSR count). The number of urea groups is 1. The number of carbonyl (C=O) groups excluding carboxylic acids is 3. The first-order chi connectivity index (χ1) is 18.4. The van der Waals surface area contributed by atoms with E-state index in [0.29, 0.717) is 31.0 Å². The van der Waals surface area contributed by atoms with Crippen molar-refractivity contribution in [3.8, 4) is 16.9 Å². The smallest absolute Gasteiger partial charge is 0.314 e. The van der Waals surface area contributed by atoms with Crippen LogP contribution in [0.15, 0.2) is 71.6 Å². The lowest BCUT2D eigenvalue weighted by atomic mass is 9.98. The third-order valence-electron chi connectivity index (χ3n) is 6.37. The van der Waals surface area contributed by atoms with E-state index in [2.05, 4.69) is 16.0 Å². The van der Waals surface area contributed by atoms with E-state index >= 15 is 0 Å². The first-order valence-corrected chi connectivity index (χ1v) is 13.5. The van der Waals surface area contributed by atoms with Crippen molar-refractivity contribution in [1.29, 1.82) is 0 Å². The van der Waals surface area contributed by atoms with E-state index in [1.807, 2.05) is 66.7 Å². The average Bonchev–Trinajstić information content (AvgIpc) is 3.08. The third kappa shape index (κ3) is 6.28. The number of nitrogens with zero attached hydrogens (tertiary/aromatic N) is 1. The van der Waals surface area contributed by atoms with Crippen molar-refractivity contribution >= 4 is 35.3 Å². The van der Waals surface area contributed by atoms with E-state index in [-0.39, 0.29) is 17.8 Å². The van der Waals surface area contributed by atoms with Crippen molar-refractivity contribution < 1.29 is 19.1 Å². The first-order valence-electron chi connectivity index (χ1n) is 12.5. The minimum Gasteiger partial charge on any atom is -0.497 e. The van der Waals surface area contributed by atoms with Gasteiger partial charge in [0.2, 0.25) is 5.91 Å². The highest BCUT2D eigenvalue weighted by Crippen LogP contribution is 2.38. The number of fused-ring (bicyclic) bond motifs is 1. The van der Waals surface area contributed by atoms with Crippen LogP contribution in [0, 0.1) is 0 Å². The van der Waals surface area contributed by atoms with Crippen LogP contribution < -0.4 is 25.6 Å². The summed E-state index contributed by atoms with van der Waals surface area (Å²) in [6.07, 6.45) is 0.316. The van der Waals surface area contributed by atoms with E-state index in [9.17, 15) is 14.4 Å². The zero-order chi connectivity index (χ0) is 27.1.